The Morgan fingerprint density at radius 2 is 2.05 bits per heavy atom. The molecular formula is C15H18ClN3O. The summed E-state index contributed by atoms with van der Waals surface area (Å²) in [5.74, 6) is -0.200. The molecule has 1 heterocycles. The van der Waals surface area contributed by atoms with E-state index in [-0.39, 0.29) is 11.9 Å². The highest BCUT2D eigenvalue weighted by atomic mass is 35.5. The van der Waals surface area contributed by atoms with Gasteiger partial charge in [-0.2, -0.15) is 5.10 Å². The summed E-state index contributed by atoms with van der Waals surface area (Å²) >= 11 is 6.17. The van der Waals surface area contributed by atoms with E-state index in [2.05, 4.69) is 10.4 Å². The van der Waals surface area contributed by atoms with Crippen LogP contribution in [0.3, 0.4) is 0 Å². The SMILES string of the molecule is CCn1nc(C)c(Cl)c1C(=O)NC(C)c1ccccc1. The van der Waals surface area contributed by atoms with Gasteiger partial charge in [-0.25, -0.2) is 0 Å². The van der Waals surface area contributed by atoms with Crippen molar-refractivity contribution in [3.63, 3.8) is 0 Å². The van der Waals surface area contributed by atoms with Crippen molar-refractivity contribution in [2.75, 3.05) is 0 Å². The van der Waals surface area contributed by atoms with Gasteiger partial charge in [-0.1, -0.05) is 41.9 Å². The molecule has 1 unspecified atom stereocenters. The van der Waals surface area contributed by atoms with E-state index in [1.807, 2.05) is 44.2 Å². The number of carbonyl (C=O) groups is 1. The lowest BCUT2D eigenvalue weighted by Crippen LogP contribution is -2.29. The Morgan fingerprint density at radius 1 is 1.40 bits per heavy atom. The standard InChI is InChI=1S/C15H18ClN3O/c1-4-19-14(13(16)11(3)18-19)15(20)17-10(2)12-8-6-5-7-9-12/h5-10H,4H2,1-3H3,(H,17,20). The summed E-state index contributed by atoms with van der Waals surface area (Å²) in [5, 5.41) is 7.63. The van der Waals surface area contributed by atoms with Crippen LogP contribution in [-0.2, 0) is 6.54 Å². The van der Waals surface area contributed by atoms with Crippen LogP contribution in [0.5, 0.6) is 0 Å². The normalized spacial score (nSPS) is 12.2. The van der Waals surface area contributed by atoms with E-state index >= 15 is 0 Å². The molecule has 4 nitrogen and oxygen atoms in total. The molecule has 106 valence electrons. The van der Waals surface area contributed by atoms with Crippen LogP contribution in [0, 0.1) is 6.92 Å². The maximum Gasteiger partial charge on any atom is 0.271 e. The second kappa shape index (κ2) is 6.09. The Labute approximate surface area is 123 Å². The number of benzene rings is 1. The van der Waals surface area contributed by atoms with Crippen molar-refractivity contribution in [2.24, 2.45) is 0 Å². The van der Waals surface area contributed by atoms with E-state index in [4.69, 9.17) is 11.6 Å². The molecule has 0 bridgehead atoms. The highest BCUT2D eigenvalue weighted by molar-refractivity contribution is 6.34. The van der Waals surface area contributed by atoms with Gasteiger partial charge in [0.25, 0.3) is 5.91 Å². The highest BCUT2D eigenvalue weighted by Crippen LogP contribution is 2.21. The summed E-state index contributed by atoms with van der Waals surface area (Å²) in [6.07, 6.45) is 0. The summed E-state index contributed by atoms with van der Waals surface area (Å²) in [7, 11) is 0. The number of rotatable bonds is 4. The summed E-state index contributed by atoms with van der Waals surface area (Å²) in [6.45, 7) is 6.28. The quantitative estimate of drug-likeness (QED) is 0.939. The van der Waals surface area contributed by atoms with Crippen molar-refractivity contribution in [2.45, 2.75) is 33.4 Å². The van der Waals surface area contributed by atoms with Crippen molar-refractivity contribution in [3.05, 3.63) is 52.3 Å². The van der Waals surface area contributed by atoms with E-state index in [1.165, 1.54) is 0 Å². The van der Waals surface area contributed by atoms with Gasteiger partial charge in [0.05, 0.1) is 16.8 Å². The fourth-order valence-electron chi connectivity index (χ4n) is 2.10. The number of aryl methyl sites for hydroxylation is 2. The number of carbonyl (C=O) groups excluding carboxylic acids is 1. The molecule has 0 fully saturated rings. The molecule has 2 rings (SSSR count). The Kier molecular flexibility index (Phi) is 4.45. The molecule has 0 saturated heterocycles. The predicted molar refractivity (Wildman–Crippen MR) is 80.0 cm³/mol. The fraction of sp³-hybridized carbons (Fsp3) is 0.333. The minimum Gasteiger partial charge on any atom is -0.344 e. The molecule has 1 N–H and O–H groups in total. The second-order valence-electron chi connectivity index (χ2n) is 4.67. The lowest BCUT2D eigenvalue weighted by atomic mass is 10.1. The van der Waals surface area contributed by atoms with Crippen molar-refractivity contribution in [3.8, 4) is 0 Å². The lowest BCUT2D eigenvalue weighted by Gasteiger charge is -2.14. The molecule has 2 aromatic rings. The first-order chi connectivity index (χ1) is 9.54. The molecule has 0 radical (unpaired) electrons. The van der Waals surface area contributed by atoms with Crippen molar-refractivity contribution in [1.82, 2.24) is 15.1 Å². The van der Waals surface area contributed by atoms with E-state index in [0.717, 1.165) is 5.56 Å². The van der Waals surface area contributed by atoms with Gasteiger partial charge >= 0.3 is 0 Å². The molecule has 0 saturated carbocycles. The average Bonchev–Trinajstić information content (AvgIpc) is 2.75. The summed E-state index contributed by atoms with van der Waals surface area (Å²) in [5.41, 5.74) is 2.15. The molecule has 0 aliphatic carbocycles. The molecule has 0 aliphatic heterocycles. The first-order valence-electron chi connectivity index (χ1n) is 6.63. The maximum absolute atomic E-state index is 12.4. The highest BCUT2D eigenvalue weighted by Gasteiger charge is 2.21. The Hall–Kier alpha value is -1.81. The van der Waals surface area contributed by atoms with Gasteiger partial charge in [0.1, 0.15) is 5.69 Å². The van der Waals surface area contributed by atoms with Crippen LogP contribution in [0.4, 0.5) is 0 Å². The average molecular weight is 292 g/mol. The third-order valence-corrected chi connectivity index (χ3v) is 3.67. The topological polar surface area (TPSA) is 46.9 Å². The maximum atomic E-state index is 12.4. The van der Waals surface area contributed by atoms with Crippen LogP contribution < -0.4 is 5.32 Å². The number of hydrogen-bond acceptors (Lipinski definition) is 2. The summed E-state index contributed by atoms with van der Waals surface area (Å²) in [4.78, 5) is 12.4. The monoisotopic (exact) mass is 291 g/mol. The smallest absolute Gasteiger partial charge is 0.271 e. The summed E-state index contributed by atoms with van der Waals surface area (Å²) < 4.78 is 1.63. The minimum absolute atomic E-state index is 0.0831. The number of nitrogens with zero attached hydrogens (tertiary/aromatic N) is 2. The van der Waals surface area contributed by atoms with Crippen LogP contribution in [0.1, 0.15) is 41.6 Å². The van der Waals surface area contributed by atoms with Crippen LogP contribution >= 0.6 is 11.6 Å². The molecule has 0 spiro atoms. The molecule has 5 heteroatoms. The Balaban J connectivity index is 2.21. The van der Waals surface area contributed by atoms with Gasteiger partial charge < -0.3 is 5.32 Å². The van der Waals surface area contributed by atoms with Crippen LogP contribution in [0.2, 0.25) is 5.02 Å². The minimum atomic E-state index is -0.200. The van der Waals surface area contributed by atoms with Crippen molar-refractivity contribution < 1.29 is 4.79 Å². The van der Waals surface area contributed by atoms with E-state index in [9.17, 15) is 4.79 Å². The van der Waals surface area contributed by atoms with E-state index in [0.29, 0.717) is 23.0 Å². The molecule has 20 heavy (non-hydrogen) atoms. The predicted octanol–water partition coefficient (Wildman–Crippen LogP) is 3.36. The molecule has 1 amide bonds. The fourth-order valence-corrected chi connectivity index (χ4v) is 2.32. The van der Waals surface area contributed by atoms with Gasteiger partial charge in [0.15, 0.2) is 0 Å². The summed E-state index contributed by atoms with van der Waals surface area (Å²) in [6, 6.07) is 9.73. The van der Waals surface area contributed by atoms with E-state index in [1.54, 1.807) is 11.6 Å². The Bertz CT molecular complexity index is 607. The molecule has 1 atom stereocenters. The number of aromatic nitrogens is 2. The van der Waals surface area contributed by atoms with Crippen LogP contribution in [-0.4, -0.2) is 15.7 Å². The van der Waals surface area contributed by atoms with E-state index < -0.39 is 0 Å². The third kappa shape index (κ3) is 2.85. The number of halogens is 1. The van der Waals surface area contributed by atoms with Gasteiger partial charge in [0.2, 0.25) is 0 Å². The zero-order valence-electron chi connectivity index (χ0n) is 11.9. The largest absolute Gasteiger partial charge is 0.344 e. The number of hydrogen-bond donors (Lipinski definition) is 1. The van der Waals surface area contributed by atoms with Gasteiger partial charge in [-0.15, -0.1) is 0 Å². The molecule has 0 aliphatic rings. The molecule has 1 aromatic carbocycles. The lowest BCUT2D eigenvalue weighted by molar-refractivity contribution is 0.0929. The van der Waals surface area contributed by atoms with Gasteiger partial charge in [0, 0.05) is 6.54 Å². The molecular weight excluding hydrogens is 274 g/mol. The van der Waals surface area contributed by atoms with Crippen molar-refractivity contribution in [1.29, 1.82) is 0 Å². The van der Waals surface area contributed by atoms with Gasteiger partial charge in [-0.05, 0) is 26.3 Å². The first-order valence-corrected chi connectivity index (χ1v) is 7.01. The second-order valence-corrected chi connectivity index (χ2v) is 5.05. The number of amides is 1. The Morgan fingerprint density at radius 3 is 2.65 bits per heavy atom. The van der Waals surface area contributed by atoms with Crippen LogP contribution in [0.25, 0.3) is 0 Å². The third-order valence-electron chi connectivity index (χ3n) is 3.22. The zero-order chi connectivity index (χ0) is 14.7. The zero-order valence-corrected chi connectivity index (χ0v) is 12.6. The first kappa shape index (κ1) is 14.6. The number of nitrogens with one attached hydrogen (secondary N) is 1. The molecule has 1 aromatic heterocycles. The van der Waals surface area contributed by atoms with Gasteiger partial charge in [-0.3, -0.25) is 9.48 Å². The van der Waals surface area contributed by atoms with Crippen LogP contribution in [0.15, 0.2) is 30.3 Å². The van der Waals surface area contributed by atoms with Crippen molar-refractivity contribution >= 4 is 17.5 Å².